The number of benzene rings is 1. The van der Waals surface area contributed by atoms with Gasteiger partial charge in [0.2, 0.25) is 0 Å². The van der Waals surface area contributed by atoms with Gasteiger partial charge in [-0.2, -0.15) is 0 Å². The summed E-state index contributed by atoms with van der Waals surface area (Å²) in [4.78, 5) is 0. The van der Waals surface area contributed by atoms with Crippen molar-refractivity contribution < 1.29 is 9.84 Å². The van der Waals surface area contributed by atoms with E-state index in [-0.39, 0.29) is 35.2 Å². The first-order valence-electron chi connectivity index (χ1n) is 8.89. The third kappa shape index (κ3) is 7.07. The van der Waals surface area contributed by atoms with Crippen molar-refractivity contribution >= 4 is 29.6 Å². The minimum atomic E-state index is -0.247. The third-order valence-corrected chi connectivity index (χ3v) is 3.93. The predicted octanol–water partition coefficient (Wildman–Crippen LogP) is 5.44. The van der Waals surface area contributed by atoms with E-state index in [1.807, 2.05) is 6.07 Å². The molecular formula is C20H34NaO2. The predicted molar refractivity (Wildman–Crippen MR) is 101 cm³/mol. The molecule has 127 valence electrons. The molecule has 0 heterocycles. The molecule has 2 nitrogen and oxygen atoms in total. The van der Waals surface area contributed by atoms with Gasteiger partial charge in [0.1, 0.15) is 17.1 Å². The summed E-state index contributed by atoms with van der Waals surface area (Å²) in [5.74, 6) is 1.27. The van der Waals surface area contributed by atoms with Crippen molar-refractivity contribution in [2.45, 2.75) is 92.1 Å². The summed E-state index contributed by atoms with van der Waals surface area (Å²) in [7, 11) is 0. The third-order valence-electron chi connectivity index (χ3n) is 3.93. The molecule has 1 aromatic rings. The minimum absolute atomic E-state index is 0. The zero-order chi connectivity index (χ0) is 16.8. The van der Waals surface area contributed by atoms with Crippen molar-refractivity contribution in [3.8, 4) is 11.5 Å². The van der Waals surface area contributed by atoms with Crippen LogP contribution in [0.1, 0.15) is 83.9 Å². The van der Waals surface area contributed by atoms with Crippen LogP contribution in [-0.4, -0.2) is 40.3 Å². The molecule has 1 aromatic carbocycles. The summed E-state index contributed by atoms with van der Waals surface area (Å²) in [6.45, 7) is 12.8. The van der Waals surface area contributed by atoms with Crippen molar-refractivity contribution in [2.24, 2.45) is 0 Å². The Bertz CT molecular complexity index is 476. The number of aromatic hydroxyl groups is 1. The summed E-state index contributed by atoms with van der Waals surface area (Å²) in [6, 6.07) is 1.84. The quantitative estimate of drug-likeness (QED) is 0.644. The van der Waals surface area contributed by atoms with E-state index in [1.165, 1.54) is 17.5 Å². The molecule has 0 amide bonds. The second kappa shape index (κ2) is 10.6. The van der Waals surface area contributed by atoms with E-state index >= 15 is 0 Å². The Morgan fingerprint density at radius 3 is 1.87 bits per heavy atom. The van der Waals surface area contributed by atoms with Crippen LogP contribution in [0, 0.1) is 0 Å². The van der Waals surface area contributed by atoms with Crippen molar-refractivity contribution in [1.82, 2.24) is 0 Å². The van der Waals surface area contributed by atoms with E-state index in [1.54, 1.807) is 0 Å². The number of phenols is 1. The van der Waals surface area contributed by atoms with E-state index in [0.717, 1.165) is 49.8 Å². The minimum Gasteiger partial charge on any atom is -0.508 e. The normalized spacial score (nSPS) is 11.2. The van der Waals surface area contributed by atoms with E-state index in [0.29, 0.717) is 5.75 Å². The van der Waals surface area contributed by atoms with Crippen LogP contribution >= 0.6 is 0 Å². The van der Waals surface area contributed by atoms with Gasteiger partial charge in [0, 0.05) is 35.6 Å². The van der Waals surface area contributed by atoms with Gasteiger partial charge in [0.05, 0.1) is 0 Å². The molecule has 0 saturated carbocycles. The summed E-state index contributed by atoms with van der Waals surface area (Å²) in [5, 5.41) is 10.5. The van der Waals surface area contributed by atoms with Gasteiger partial charge < -0.3 is 9.84 Å². The summed E-state index contributed by atoms with van der Waals surface area (Å²) in [5.41, 5.74) is 3.52. The second-order valence-electron chi connectivity index (χ2n) is 7.10. The van der Waals surface area contributed by atoms with Gasteiger partial charge in [-0.25, -0.2) is 0 Å². The largest absolute Gasteiger partial charge is 0.508 e. The summed E-state index contributed by atoms with van der Waals surface area (Å²) < 4.78 is 6.12. The van der Waals surface area contributed by atoms with Crippen LogP contribution in [-0.2, 0) is 19.3 Å². The fourth-order valence-corrected chi connectivity index (χ4v) is 2.88. The molecule has 0 aliphatic carbocycles. The molecule has 1 N–H and O–H groups in total. The fourth-order valence-electron chi connectivity index (χ4n) is 2.88. The van der Waals surface area contributed by atoms with Gasteiger partial charge >= 0.3 is 0 Å². The number of hydrogen-bond acceptors (Lipinski definition) is 2. The SMILES string of the molecule is CCCCc1c(O)cc(OC(C)(C)C)c(CC)c1CCCC.[Na]. The van der Waals surface area contributed by atoms with E-state index < -0.39 is 0 Å². The van der Waals surface area contributed by atoms with Crippen molar-refractivity contribution in [2.75, 3.05) is 0 Å². The number of ether oxygens (including phenoxy) is 1. The molecule has 0 fully saturated rings. The Hall–Kier alpha value is -0.180. The summed E-state index contributed by atoms with van der Waals surface area (Å²) >= 11 is 0. The van der Waals surface area contributed by atoms with Crippen LogP contribution in [0.15, 0.2) is 6.07 Å². The number of phenolic OH excluding ortho intramolecular Hbond substituents is 1. The summed E-state index contributed by atoms with van der Waals surface area (Å²) in [6.07, 6.45) is 7.54. The molecule has 1 rings (SSSR count). The Morgan fingerprint density at radius 2 is 1.43 bits per heavy atom. The Morgan fingerprint density at radius 1 is 0.913 bits per heavy atom. The van der Waals surface area contributed by atoms with Gasteiger partial charge in [0.25, 0.3) is 0 Å². The first-order chi connectivity index (χ1) is 10.3. The molecule has 0 spiro atoms. The fraction of sp³-hybridized carbons (Fsp3) is 0.700. The Balaban J connectivity index is 0.00000484. The van der Waals surface area contributed by atoms with E-state index in [2.05, 4.69) is 41.5 Å². The Kier molecular flexibility index (Phi) is 10.6. The molecule has 0 aliphatic rings. The molecule has 0 unspecified atom stereocenters. The smallest absolute Gasteiger partial charge is 0.127 e. The van der Waals surface area contributed by atoms with Gasteiger partial charge in [-0.05, 0) is 69.6 Å². The number of unbranched alkanes of at least 4 members (excludes halogenated alkanes) is 2. The topological polar surface area (TPSA) is 29.5 Å². The standard InChI is InChI=1S/C20H34O2.Na/c1-7-10-12-16-15(9-3)19(22-20(4,5)6)14-18(21)17(16)13-11-8-2;/h14,21H,7-13H2,1-6H3;. The first kappa shape index (κ1) is 22.8. The molecule has 0 bridgehead atoms. The molecule has 0 aromatic heterocycles. The molecule has 0 atom stereocenters. The molecule has 0 saturated heterocycles. The maximum Gasteiger partial charge on any atom is 0.127 e. The van der Waals surface area contributed by atoms with Crippen LogP contribution in [0.4, 0.5) is 0 Å². The van der Waals surface area contributed by atoms with Gasteiger partial charge in [0.15, 0.2) is 0 Å². The zero-order valence-corrected chi connectivity index (χ0v) is 18.4. The van der Waals surface area contributed by atoms with E-state index in [4.69, 9.17) is 4.74 Å². The van der Waals surface area contributed by atoms with Crippen LogP contribution in [0.25, 0.3) is 0 Å². The van der Waals surface area contributed by atoms with Crippen LogP contribution in [0.5, 0.6) is 11.5 Å². The number of hydrogen-bond donors (Lipinski definition) is 1. The average Bonchev–Trinajstić information content (AvgIpc) is 2.42. The van der Waals surface area contributed by atoms with Crippen LogP contribution in [0.3, 0.4) is 0 Å². The van der Waals surface area contributed by atoms with Gasteiger partial charge in [-0.1, -0.05) is 33.6 Å². The molecule has 0 aliphatic heterocycles. The van der Waals surface area contributed by atoms with Crippen molar-refractivity contribution in [3.63, 3.8) is 0 Å². The van der Waals surface area contributed by atoms with Gasteiger partial charge in [-0.15, -0.1) is 0 Å². The maximum atomic E-state index is 10.5. The Labute approximate surface area is 165 Å². The average molecular weight is 329 g/mol. The maximum absolute atomic E-state index is 10.5. The van der Waals surface area contributed by atoms with Crippen molar-refractivity contribution in [3.05, 3.63) is 22.8 Å². The second-order valence-corrected chi connectivity index (χ2v) is 7.10. The number of rotatable bonds is 8. The van der Waals surface area contributed by atoms with Crippen LogP contribution in [0.2, 0.25) is 0 Å². The van der Waals surface area contributed by atoms with Crippen molar-refractivity contribution in [1.29, 1.82) is 0 Å². The first-order valence-corrected chi connectivity index (χ1v) is 8.89. The van der Waals surface area contributed by atoms with Gasteiger partial charge in [-0.3, -0.25) is 0 Å². The van der Waals surface area contributed by atoms with Crippen LogP contribution < -0.4 is 4.74 Å². The molecule has 1 radical (unpaired) electrons. The molecular weight excluding hydrogens is 295 g/mol. The zero-order valence-electron chi connectivity index (χ0n) is 16.4. The molecule has 3 heteroatoms. The van der Waals surface area contributed by atoms with E-state index in [9.17, 15) is 5.11 Å². The molecule has 23 heavy (non-hydrogen) atoms. The monoisotopic (exact) mass is 329 g/mol.